The maximum atomic E-state index is 14.5. The van der Waals surface area contributed by atoms with Crippen LogP contribution in [0.15, 0.2) is 54.7 Å². The summed E-state index contributed by atoms with van der Waals surface area (Å²) in [7, 11) is 1.36. The summed E-state index contributed by atoms with van der Waals surface area (Å²) in [6.07, 6.45) is -3.86. The molecule has 150 valence electrons. The number of amides is 1. The van der Waals surface area contributed by atoms with Crippen molar-refractivity contribution in [2.45, 2.75) is 6.18 Å². The first-order chi connectivity index (χ1) is 13.7. The van der Waals surface area contributed by atoms with E-state index in [2.05, 4.69) is 10.3 Å². The van der Waals surface area contributed by atoms with E-state index in [1.165, 1.54) is 31.4 Å². The van der Waals surface area contributed by atoms with Crippen LogP contribution in [-0.2, 0) is 6.18 Å². The van der Waals surface area contributed by atoms with E-state index in [1.807, 2.05) is 0 Å². The zero-order valence-electron chi connectivity index (χ0n) is 14.8. The quantitative estimate of drug-likeness (QED) is 0.537. The molecule has 9 heteroatoms. The Balaban J connectivity index is 2.03. The number of hydrogen-bond donors (Lipinski definition) is 1. The summed E-state index contributed by atoms with van der Waals surface area (Å²) < 4.78 is 59.0. The van der Waals surface area contributed by atoms with Gasteiger partial charge in [0.05, 0.1) is 17.7 Å². The van der Waals surface area contributed by atoms with E-state index in [1.54, 1.807) is 12.1 Å². The molecule has 0 aliphatic carbocycles. The molecule has 0 saturated heterocycles. The largest absolute Gasteiger partial charge is 0.495 e. The van der Waals surface area contributed by atoms with E-state index in [-0.39, 0.29) is 27.6 Å². The molecule has 0 aliphatic rings. The molecule has 0 spiro atoms. The second kappa shape index (κ2) is 8.08. The van der Waals surface area contributed by atoms with Crippen molar-refractivity contribution < 1.29 is 27.1 Å². The smallest absolute Gasteiger partial charge is 0.434 e. The van der Waals surface area contributed by atoms with E-state index in [4.69, 9.17) is 16.3 Å². The van der Waals surface area contributed by atoms with Gasteiger partial charge in [-0.2, -0.15) is 13.2 Å². The van der Waals surface area contributed by atoms with Crippen LogP contribution < -0.4 is 10.1 Å². The third-order valence-corrected chi connectivity index (χ3v) is 4.32. The number of ether oxygens (including phenoxy) is 1. The molecule has 4 nitrogen and oxygen atoms in total. The molecule has 0 atom stereocenters. The van der Waals surface area contributed by atoms with Crippen molar-refractivity contribution in [1.29, 1.82) is 0 Å². The van der Waals surface area contributed by atoms with Crippen LogP contribution in [0.1, 0.15) is 16.1 Å². The highest BCUT2D eigenvalue weighted by atomic mass is 35.5. The third kappa shape index (κ3) is 4.32. The van der Waals surface area contributed by atoms with E-state index in [9.17, 15) is 22.4 Å². The van der Waals surface area contributed by atoms with Crippen LogP contribution >= 0.6 is 11.6 Å². The minimum absolute atomic E-state index is 0.0560. The number of rotatable bonds is 4. The number of nitrogens with one attached hydrogen (secondary N) is 1. The van der Waals surface area contributed by atoms with Crippen molar-refractivity contribution in [3.63, 3.8) is 0 Å². The lowest BCUT2D eigenvalue weighted by Gasteiger charge is -2.15. The van der Waals surface area contributed by atoms with Gasteiger partial charge >= 0.3 is 6.18 Å². The Bertz CT molecular complexity index is 1070. The highest BCUT2D eigenvalue weighted by molar-refractivity contribution is 6.32. The second-order valence-electron chi connectivity index (χ2n) is 5.86. The molecular weight excluding hydrogens is 412 g/mol. The second-order valence-corrected chi connectivity index (χ2v) is 6.27. The summed E-state index contributed by atoms with van der Waals surface area (Å²) in [4.78, 5) is 15.8. The topological polar surface area (TPSA) is 51.2 Å². The predicted molar refractivity (Wildman–Crippen MR) is 101 cm³/mol. The van der Waals surface area contributed by atoms with E-state index >= 15 is 0 Å². The number of carbonyl (C=O) groups is 1. The number of aromatic nitrogens is 1. The summed E-state index contributed by atoms with van der Waals surface area (Å²) in [5, 5.41) is 2.45. The Morgan fingerprint density at radius 1 is 1.10 bits per heavy atom. The fraction of sp³-hybridized carbons (Fsp3) is 0.100. The zero-order chi connectivity index (χ0) is 21.2. The molecular formula is C20H13ClF4N2O2. The van der Waals surface area contributed by atoms with Crippen LogP contribution in [0.2, 0.25) is 5.02 Å². The van der Waals surface area contributed by atoms with Gasteiger partial charge in [0.2, 0.25) is 0 Å². The van der Waals surface area contributed by atoms with Gasteiger partial charge in [-0.1, -0.05) is 29.8 Å². The monoisotopic (exact) mass is 424 g/mol. The number of methoxy groups -OCH3 is 1. The van der Waals surface area contributed by atoms with E-state index in [0.29, 0.717) is 0 Å². The van der Waals surface area contributed by atoms with Crippen LogP contribution in [0.4, 0.5) is 23.2 Å². The van der Waals surface area contributed by atoms with Gasteiger partial charge in [0.15, 0.2) is 5.69 Å². The van der Waals surface area contributed by atoms with Gasteiger partial charge in [-0.3, -0.25) is 9.78 Å². The summed E-state index contributed by atoms with van der Waals surface area (Å²) >= 11 is 5.91. The van der Waals surface area contributed by atoms with Crippen molar-refractivity contribution >= 4 is 23.2 Å². The van der Waals surface area contributed by atoms with Crippen molar-refractivity contribution in [1.82, 2.24) is 4.98 Å². The van der Waals surface area contributed by atoms with E-state index in [0.717, 1.165) is 18.3 Å². The molecule has 1 aromatic heterocycles. The van der Waals surface area contributed by atoms with Crippen molar-refractivity contribution in [3.8, 4) is 16.9 Å². The molecule has 29 heavy (non-hydrogen) atoms. The van der Waals surface area contributed by atoms with Gasteiger partial charge < -0.3 is 10.1 Å². The first-order valence-corrected chi connectivity index (χ1v) is 8.56. The molecule has 0 unspecified atom stereocenters. The molecule has 0 radical (unpaired) electrons. The number of carbonyl (C=O) groups excluding carboxylic acids is 1. The van der Waals surface area contributed by atoms with Gasteiger partial charge in [0.25, 0.3) is 5.91 Å². The Hall–Kier alpha value is -3.13. The average molecular weight is 425 g/mol. The van der Waals surface area contributed by atoms with Gasteiger partial charge in [0.1, 0.15) is 11.6 Å². The minimum Gasteiger partial charge on any atom is -0.495 e. The number of pyridine rings is 1. The maximum Gasteiger partial charge on any atom is 0.434 e. The Morgan fingerprint density at radius 2 is 1.83 bits per heavy atom. The lowest BCUT2D eigenvalue weighted by Crippen LogP contribution is -2.20. The molecule has 0 fully saturated rings. The molecule has 0 bridgehead atoms. The predicted octanol–water partition coefficient (Wildman–Crippen LogP) is 5.82. The van der Waals surface area contributed by atoms with Crippen LogP contribution in [-0.4, -0.2) is 18.0 Å². The molecule has 1 heterocycles. The van der Waals surface area contributed by atoms with Crippen LogP contribution in [0.5, 0.6) is 5.75 Å². The first kappa shape index (κ1) is 20.6. The SMILES string of the molecule is COc1cc(-c2ccccc2NC(=O)c2cccnc2C(F)(F)F)c(F)cc1Cl. The summed E-state index contributed by atoms with van der Waals surface area (Å²) in [5.41, 5.74) is -1.55. The van der Waals surface area contributed by atoms with Crippen LogP contribution in [0.25, 0.3) is 11.1 Å². The Morgan fingerprint density at radius 3 is 2.52 bits per heavy atom. The number of hydrogen-bond acceptors (Lipinski definition) is 3. The molecule has 2 aromatic carbocycles. The van der Waals surface area contributed by atoms with Gasteiger partial charge in [-0.25, -0.2) is 4.39 Å². The third-order valence-electron chi connectivity index (χ3n) is 4.03. The fourth-order valence-electron chi connectivity index (χ4n) is 2.72. The van der Waals surface area contributed by atoms with E-state index < -0.39 is 29.2 Å². The number of halogens is 5. The lowest BCUT2D eigenvalue weighted by molar-refractivity contribution is -0.141. The molecule has 1 amide bonds. The molecule has 1 N–H and O–H groups in total. The van der Waals surface area contributed by atoms with Crippen LogP contribution in [0.3, 0.4) is 0 Å². The van der Waals surface area contributed by atoms with Crippen LogP contribution in [0, 0.1) is 5.82 Å². The van der Waals surface area contributed by atoms with Gasteiger partial charge in [0, 0.05) is 23.0 Å². The normalized spacial score (nSPS) is 11.2. The average Bonchev–Trinajstić information content (AvgIpc) is 2.68. The van der Waals surface area contributed by atoms with Crippen molar-refractivity contribution in [3.05, 3.63) is 76.8 Å². The molecule has 0 aliphatic heterocycles. The molecule has 0 saturated carbocycles. The first-order valence-electron chi connectivity index (χ1n) is 8.18. The number of anilines is 1. The summed E-state index contributed by atoms with van der Waals surface area (Å²) in [6.45, 7) is 0. The standard InChI is InChI=1S/C20H13ClF4N2O2/c1-29-17-9-13(15(22)10-14(17)21)11-5-2-3-7-16(11)27-19(28)12-6-4-8-26-18(12)20(23,24)25/h2-10H,1H3,(H,27,28). The number of benzene rings is 2. The summed E-state index contributed by atoms with van der Waals surface area (Å²) in [5.74, 6) is -1.51. The minimum atomic E-state index is -4.80. The molecule has 3 rings (SSSR count). The highest BCUT2D eigenvalue weighted by Gasteiger charge is 2.37. The number of nitrogens with zero attached hydrogens (tertiary/aromatic N) is 1. The van der Waals surface area contributed by atoms with Crippen molar-refractivity contribution in [2.24, 2.45) is 0 Å². The number of alkyl halides is 3. The molecule has 3 aromatic rings. The van der Waals surface area contributed by atoms with Gasteiger partial charge in [-0.05, 0) is 30.3 Å². The lowest BCUT2D eigenvalue weighted by atomic mass is 10.0. The highest BCUT2D eigenvalue weighted by Crippen LogP contribution is 2.37. The zero-order valence-corrected chi connectivity index (χ0v) is 15.6. The maximum absolute atomic E-state index is 14.5. The Labute approximate surface area is 168 Å². The Kier molecular flexibility index (Phi) is 5.74. The number of para-hydroxylation sites is 1. The van der Waals surface area contributed by atoms with Gasteiger partial charge in [-0.15, -0.1) is 0 Å². The summed E-state index contributed by atoms with van der Waals surface area (Å²) in [6, 6.07) is 10.7. The fourth-order valence-corrected chi connectivity index (χ4v) is 2.95. The van der Waals surface area contributed by atoms with Crippen molar-refractivity contribution in [2.75, 3.05) is 12.4 Å².